The molecule has 1 amide bonds. The van der Waals surface area contributed by atoms with Gasteiger partial charge in [0.25, 0.3) is 11.7 Å². The highest BCUT2D eigenvalue weighted by atomic mass is 16.5. The molecule has 6 heteroatoms. The number of amides is 1. The summed E-state index contributed by atoms with van der Waals surface area (Å²) in [6.07, 6.45) is 4.46. The van der Waals surface area contributed by atoms with E-state index in [-0.39, 0.29) is 11.3 Å². The number of piperidine rings is 1. The molecule has 0 radical (unpaired) electrons. The van der Waals surface area contributed by atoms with E-state index in [4.69, 9.17) is 4.74 Å². The Labute approximate surface area is 217 Å². The molecule has 0 spiro atoms. The van der Waals surface area contributed by atoms with Gasteiger partial charge >= 0.3 is 0 Å². The highest BCUT2D eigenvalue weighted by molar-refractivity contribution is 6.51. The Hall–Kier alpha value is -4.06. The van der Waals surface area contributed by atoms with Gasteiger partial charge in [0.05, 0.1) is 18.2 Å². The number of benzene rings is 3. The van der Waals surface area contributed by atoms with Crippen molar-refractivity contribution in [2.75, 3.05) is 29.5 Å². The minimum atomic E-state index is -0.748. The molecular formula is C31H32N2O4. The van der Waals surface area contributed by atoms with Crippen LogP contribution in [0.1, 0.15) is 49.8 Å². The molecule has 2 saturated heterocycles. The van der Waals surface area contributed by atoms with Crippen molar-refractivity contribution in [3.8, 4) is 5.75 Å². The second-order valence-corrected chi connectivity index (χ2v) is 9.52. The first-order valence-corrected chi connectivity index (χ1v) is 13.0. The van der Waals surface area contributed by atoms with Crippen LogP contribution in [0.4, 0.5) is 11.4 Å². The van der Waals surface area contributed by atoms with Gasteiger partial charge in [-0.2, -0.15) is 0 Å². The number of nitrogens with zero attached hydrogens (tertiary/aromatic N) is 2. The van der Waals surface area contributed by atoms with Crippen LogP contribution in [0.5, 0.6) is 5.75 Å². The fourth-order valence-corrected chi connectivity index (χ4v) is 5.13. The summed E-state index contributed by atoms with van der Waals surface area (Å²) in [5.41, 5.74) is 3.00. The number of carbonyl (C=O) groups is 2. The first-order valence-electron chi connectivity index (χ1n) is 13.0. The summed E-state index contributed by atoms with van der Waals surface area (Å²) in [6, 6.07) is 23.4. The Balaban J connectivity index is 1.56. The van der Waals surface area contributed by atoms with Crippen molar-refractivity contribution >= 4 is 28.8 Å². The third-order valence-electron chi connectivity index (χ3n) is 6.99. The van der Waals surface area contributed by atoms with E-state index in [9.17, 15) is 14.7 Å². The highest BCUT2D eigenvalue weighted by Crippen LogP contribution is 2.42. The van der Waals surface area contributed by atoms with Gasteiger partial charge < -0.3 is 14.7 Å². The second-order valence-electron chi connectivity index (χ2n) is 9.52. The number of ether oxygens (including phenoxy) is 1. The largest absolute Gasteiger partial charge is 0.507 e. The summed E-state index contributed by atoms with van der Waals surface area (Å²) in [4.78, 5) is 30.7. The standard InChI is InChI=1S/C31H32N2O4/c1-2-20-37-26-13-9-12-23(21-26)29(34)27-28(22-10-5-3-6-11-22)33(31(36)30(27)35)25-16-14-24(15-17-25)32-18-7-4-8-19-32/h3,5-6,9-17,21,28,34H,2,4,7-8,18-20H2,1H3/b29-27+. The quantitative estimate of drug-likeness (QED) is 0.243. The maximum Gasteiger partial charge on any atom is 0.300 e. The van der Waals surface area contributed by atoms with E-state index in [1.807, 2.05) is 67.6 Å². The number of aliphatic hydroxyl groups is 1. The fourth-order valence-electron chi connectivity index (χ4n) is 5.13. The molecular weight excluding hydrogens is 464 g/mol. The Morgan fingerprint density at radius 3 is 2.30 bits per heavy atom. The summed E-state index contributed by atoms with van der Waals surface area (Å²) in [5.74, 6) is -0.961. The van der Waals surface area contributed by atoms with Crippen LogP contribution in [-0.4, -0.2) is 36.5 Å². The van der Waals surface area contributed by atoms with E-state index in [1.165, 1.54) is 24.2 Å². The van der Waals surface area contributed by atoms with Gasteiger partial charge in [-0.15, -0.1) is 0 Å². The van der Waals surface area contributed by atoms with Gasteiger partial charge in [-0.05, 0) is 67.6 Å². The topological polar surface area (TPSA) is 70.1 Å². The number of carbonyl (C=O) groups excluding carboxylic acids is 2. The number of hydrogen-bond acceptors (Lipinski definition) is 5. The van der Waals surface area contributed by atoms with Crippen molar-refractivity contribution < 1.29 is 19.4 Å². The number of ketones is 1. The molecule has 1 atom stereocenters. The molecule has 37 heavy (non-hydrogen) atoms. The van der Waals surface area contributed by atoms with E-state index in [0.717, 1.165) is 30.8 Å². The van der Waals surface area contributed by atoms with Crippen LogP contribution in [0.25, 0.3) is 5.76 Å². The molecule has 1 unspecified atom stereocenters. The third kappa shape index (κ3) is 4.96. The highest BCUT2D eigenvalue weighted by Gasteiger charge is 2.47. The van der Waals surface area contributed by atoms with Gasteiger partial charge in [0.2, 0.25) is 0 Å². The number of aliphatic hydroxyl groups excluding tert-OH is 1. The Morgan fingerprint density at radius 1 is 0.892 bits per heavy atom. The molecule has 2 aliphatic heterocycles. The molecule has 2 aliphatic rings. The minimum absolute atomic E-state index is 0.0731. The van der Waals surface area contributed by atoms with Crippen LogP contribution in [-0.2, 0) is 9.59 Å². The van der Waals surface area contributed by atoms with Crippen molar-refractivity contribution in [3.05, 3.63) is 95.6 Å². The Morgan fingerprint density at radius 2 is 1.59 bits per heavy atom. The lowest BCUT2D eigenvalue weighted by Gasteiger charge is -2.30. The van der Waals surface area contributed by atoms with Crippen molar-refractivity contribution in [1.29, 1.82) is 0 Å². The molecule has 0 bridgehead atoms. The maximum absolute atomic E-state index is 13.4. The number of anilines is 2. The van der Waals surface area contributed by atoms with Crippen LogP contribution >= 0.6 is 0 Å². The maximum atomic E-state index is 13.4. The van der Waals surface area contributed by atoms with Crippen molar-refractivity contribution in [1.82, 2.24) is 0 Å². The number of rotatable bonds is 7. The SMILES string of the molecule is CCCOc1cccc(/C(O)=C2\C(=O)C(=O)N(c3ccc(N4CCCCC4)cc3)C2c2ccccc2)c1. The first-order chi connectivity index (χ1) is 18.1. The lowest BCUT2D eigenvalue weighted by molar-refractivity contribution is -0.132. The predicted octanol–water partition coefficient (Wildman–Crippen LogP) is 6.09. The molecule has 5 rings (SSSR count). The molecule has 3 aromatic rings. The summed E-state index contributed by atoms with van der Waals surface area (Å²) < 4.78 is 5.72. The van der Waals surface area contributed by atoms with E-state index in [0.29, 0.717) is 23.6 Å². The fraction of sp³-hybridized carbons (Fsp3) is 0.290. The van der Waals surface area contributed by atoms with Crippen LogP contribution in [0.15, 0.2) is 84.4 Å². The lowest BCUT2D eigenvalue weighted by Crippen LogP contribution is -2.30. The van der Waals surface area contributed by atoms with Gasteiger partial charge in [0, 0.05) is 30.0 Å². The van der Waals surface area contributed by atoms with Crippen LogP contribution in [0, 0.1) is 0 Å². The summed E-state index contributed by atoms with van der Waals surface area (Å²) in [7, 11) is 0. The predicted molar refractivity (Wildman–Crippen MR) is 146 cm³/mol. The zero-order valence-electron chi connectivity index (χ0n) is 21.1. The molecule has 2 heterocycles. The smallest absolute Gasteiger partial charge is 0.300 e. The molecule has 190 valence electrons. The molecule has 0 aromatic heterocycles. The molecule has 2 fully saturated rings. The molecule has 0 aliphatic carbocycles. The van der Waals surface area contributed by atoms with Crippen molar-refractivity contribution in [3.63, 3.8) is 0 Å². The summed E-state index contributed by atoms with van der Waals surface area (Å²) in [5, 5.41) is 11.4. The van der Waals surface area contributed by atoms with Crippen molar-refractivity contribution in [2.45, 2.75) is 38.6 Å². The summed E-state index contributed by atoms with van der Waals surface area (Å²) >= 11 is 0. The van der Waals surface area contributed by atoms with Gasteiger partial charge in [0.15, 0.2) is 0 Å². The first kappa shape index (κ1) is 24.6. The lowest BCUT2D eigenvalue weighted by atomic mass is 9.95. The average Bonchev–Trinajstić information content (AvgIpc) is 3.22. The van der Waals surface area contributed by atoms with Gasteiger partial charge in [-0.1, -0.05) is 49.4 Å². The monoisotopic (exact) mass is 496 g/mol. The van der Waals surface area contributed by atoms with Crippen LogP contribution in [0.2, 0.25) is 0 Å². The Bertz CT molecular complexity index is 1290. The van der Waals surface area contributed by atoms with Gasteiger partial charge in [-0.25, -0.2) is 0 Å². The molecule has 1 N–H and O–H groups in total. The Kier molecular flexibility index (Phi) is 7.26. The van der Waals surface area contributed by atoms with Crippen LogP contribution < -0.4 is 14.5 Å². The van der Waals surface area contributed by atoms with E-state index in [2.05, 4.69) is 4.90 Å². The normalized spacial score (nSPS) is 19.3. The molecule has 0 saturated carbocycles. The van der Waals surface area contributed by atoms with E-state index in [1.54, 1.807) is 18.2 Å². The number of hydrogen-bond donors (Lipinski definition) is 1. The van der Waals surface area contributed by atoms with Gasteiger partial charge in [0.1, 0.15) is 11.5 Å². The third-order valence-corrected chi connectivity index (χ3v) is 6.99. The minimum Gasteiger partial charge on any atom is -0.507 e. The van der Waals surface area contributed by atoms with Crippen LogP contribution in [0.3, 0.4) is 0 Å². The average molecular weight is 497 g/mol. The van der Waals surface area contributed by atoms with E-state index < -0.39 is 17.7 Å². The van der Waals surface area contributed by atoms with E-state index >= 15 is 0 Å². The molecule has 3 aromatic carbocycles. The van der Waals surface area contributed by atoms with Crippen molar-refractivity contribution in [2.24, 2.45) is 0 Å². The second kappa shape index (κ2) is 10.9. The number of Topliss-reactive ketones (excluding diaryl/α,β-unsaturated/α-hetero) is 1. The zero-order valence-corrected chi connectivity index (χ0v) is 21.1. The summed E-state index contributed by atoms with van der Waals surface area (Å²) in [6.45, 7) is 4.61. The zero-order chi connectivity index (χ0) is 25.8. The molecule has 6 nitrogen and oxygen atoms in total. The van der Waals surface area contributed by atoms with Gasteiger partial charge in [-0.3, -0.25) is 14.5 Å².